The number of hydrogen-bond donors (Lipinski definition) is 1. The lowest BCUT2D eigenvalue weighted by molar-refractivity contribution is -0.132. The Kier molecular flexibility index (Phi) is 5.29. The third-order valence-corrected chi connectivity index (χ3v) is 4.69. The molecular weight excluding hydrogens is 332 g/mol. The highest BCUT2D eigenvalue weighted by Crippen LogP contribution is 2.34. The molecule has 1 aromatic carbocycles. The van der Waals surface area contributed by atoms with Crippen molar-refractivity contribution < 1.29 is 9.59 Å². The van der Waals surface area contributed by atoms with Crippen LogP contribution in [0.15, 0.2) is 30.3 Å². The van der Waals surface area contributed by atoms with Crippen LogP contribution in [0, 0.1) is 0 Å². The smallest absolute Gasteiger partial charge is 0.319 e. The fourth-order valence-electron chi connectivity index (χ4n) is 3.31. The molecule has 1 atom stereocenters. The predicted octanol–water partition coefficient (Wildman–Crippen LogP) is 2.22. The molecule has 0 spiro atoms. The van der Waals surface area contributed by atoms with Gasteiger partial charge in [0.05, 0.1) is 6.54 Å². The molecule has 0 aliphatic carbocycles. The first-order valence-corrected chi connectivity index (χ1v) is 9.07. The number of nitrogens with zero attached hydrogens (tertiary/aromatic N) is 5. The van der Waals surface area contributed by atoms with Crippen LogP contribution >= 0.6 is 0 Å². The Hall–Kier alpha value is -2.77. The Morgan fingerprint density at radius 1 is 1.12 bits per heavy atom. The SMILES string of the molecule is CCCCC1(c2ccccc2)NC(=O)N(Cc2nnnn2CCC)C1=O. The van der Waals surface area contributed by atoms with Gasteiger partial charge in [0.1, 0.15) is 5.54 Å². The molecule has 1 unspecified atom stereocenters. The van der Waals surface area contributed by atoms with Crippen LogP contribution in [0.4, 0.5) is 4.79 Å². The van der Waals surface area contributed by atoms with E-state index in [1.54, 1.807) is 4.68 Å². The van der Waals surface area contributed by atoms with E-state index in [1.165, 1.54) is 4.90 Å². The van der Waals surface area contributed by atoms with Gasteiger partial charge in [-0.05, 0) is 28.8 Å². The molecule has 1 aliphatic rings. The number of rotatable bonds is 8. The number of nitrogens with one attached hydrogen (secondary N) is 1. The van der Waals surface area contributed by atoms with Gasteiger partial charge in [0.25, 0.3) is 5.91 Å². The highest BCUT2D eigenvalue weighted by atomic mass is 16.2. The summed E-state index contributed by atoms with van der Waals surface area (Å²) >= 11 is 0. The molecule has 0 saturated carbocycles. The van der Waals surface area contributed by atoms with Gasteiger partial charge in [0.2, 0.25) is 0 Å². The van der Waals surface area contributed by atoms with E-state index in [2.05, 4.69) is 27.8 Å². The molecule has 26 heavy (non-hydrogen) atoms. The molecule has 3 amide bonds. The lowest BCUT2D eigenvalue weighted by atomic mass is 9.85. The van der Waals surface area contributed by atoms with Gasteiger partial charge in [0.15, 0.2) is 5.82 Å². The van der Waals surface area contributed by atoms with E-state index in [0.29, 0.717) is 18.8 Å². The number of unbranched alkanes of at least 4 members (excludes halogenated alkanes) is 1. The minimum absolute atomic E-state index is 0.0678. The number of imide groups is 1. The van der Waals surface area contributed by atoms with E-state index in [4.69, 9.17) is 0 Å². The lowest BCUT2D eigenvalue weighted by Crippen LogP contribution is -2.44. The molecule has 2 aromatic rings. The number of benzene rings is 1. The summed E-state index contributed by atoms with van der Waals surface area (Å²) in [6, 6.07) is 9.03. The van der Waals surface area contributed by atoms with Crippen LogP contribution in [0.3, 0.4) is 0 Å². The summed E-state index contributed by atoms with van der Waals surface area (Å²) in [7, 11) is 0. The number of carbonyl (C=O) groups excluding carboxylic acids is 2. The van der Waals surface area contributed by atoms with Crippen LogP contribution in [0.2, 0.25) is 0 Å². The summed E-state index contributed by atoms with van der Waals surface area (Å²) in [6.45, 7) is 4.80. The number of aromatic nitrogens is 4. The standard InChI is InChI=1S/C18H24N6O2/c1-3-5-11-18(14-9-7-6-8-10-14)16(25)23(17(26)19-18)13-15-20-21-22-24(15)12-4-2/h6-10H,3-5,11-13H2,1-2H3,(H,19,26). The summed E-state index contributed by atoms with van der Waals surface area (Å²) in [5.41, 5.74) is -0.209. The molecule has 1 aromatic heterocycles. The van der Waals surface area contributed by atoms with Crippen molar-refractivity contribution in [1.82, 2.24) is 30.4 Å². The summed E-state index contributed by atoms with van der Waals surface area (Å²) < 4.78 is 1.63. The summed E-state index contributed by atoms with van der Waals surface area (Å²) in [6.07, 6.45) is 3.20. The van der Waals surface area contributed by atoms with Gasteiger partial charge in [-0.25, -0.2) is 9.48 Å². The number of urea groups is 1. The molecular formula is C18H24N6O2. The van der Waals surface area contributed by atoms with Gasteiger partial charge in [-0.2, -0.15) is 0 Å². The van der Waals surface area contributed by atoms with Gasteiger partial charge >= 0.3 is 6.03 Å². The maximum Gasteiger partial charge on any atom is 0.325 e. The maximum absolute atomic E-state index is 13.3. The Morgan fingerprint density at radius 2 is 1.88 bits per heavy atom. The summed E-state index contributed by atoms with van der Waals surface area (Å²) in [4.78, 5) is 27.2. The van der Waals surface area contributed by atoms with E-state index in [1.807, 2.05) is 37.3 Å². The van der Waals surface area contributed by atoms with Gasteiger partial charge < -0.3 is 5.32 Å². The van der Waals surface area contributed by atoms with E-state index in [-0.39, 0.29) is 12.5 Å². The Balaban J connectivity index is 1.91. The quantitative estimate of drug-likeness (QED) is 0.732. The van der Waals surface area contributed by atoms with Crippen LogP contribution in [0.1, 0.15) is 50.9 Å². The van der Waals surface area contributed by atoms with Gasteiger partial charge in [-0.15, -0.1) is 5.10 Å². The first-order valence-electron chi connectivity index (χ1n) is 9.07. The first-order chi connectivity index (χ1) is 12.6. The topological polar surface area (TPSA) is 93.0 Å². The van der Waals surface area contributed by atoms with E-state index in [0.717, 1.165) is 24.8 Å². The van der Waals surface area contributed by atoms with Crippen LogP contribution in [0.25, 0.3) is 0 Å². The fourth-order valence-corrected chi connectivity index (χ4v) is 3.31. The second-order valence-corrected chi connectivity index (χ2v) is 6.51. The zero-order valence-electron chi connectivity index (χ0n) is 15.2. The van der Waals surface area contributed by atoms with Crippen molar-refractivity contribution >= 4 is 11.9 Å². The predicted molar refractivity (Wildman–Crippen MR) is 94.8 cm³/mol. The van der Waals surface area contributed by atoms with Crippen molar-refractivity contribution in [2.24, 2.45) is 0 Å². The van der Waals surface area contributed by atoms with Crippen LogP contribution in [-0.4, -0.2) is 37.0 Å². The minimum atomic E-state index is -1.02. The van der Waals surface area contributed by atoms with Crippen molar-refractivity contribution in [1.29, 1.82) is 0 Å². The van der Waals surface area contributed by atoms with Gasteiger partial charge in [-0.3, -0.25) is 9.69 Å². The third kappa shape index (κ3) is 3.18. The molecule has 0 radical (unpaired) electrons. The summed E-state index contributed by atoms with van der Waals surface area (Å²) in [5.74, 6) is 0.267. The Labute approximate surface area is 152 Å². The Morgan fingerprint density at radius 3 is 2.58 bits per heavy atom. The van der Waals surface area contributed by atoms with Crippen LogP contribution in [0.5, 0.6) is 0 Å². The van der Waals surface area contributed by atoms with Gasteiger partial charge in [-0.1, -0.05) is 57.0 Å². The molecule has 8 nitrogen and oxygen atoms in total. The Bertz CT molecular complexity index is 775. The highest BCUT2D eigenvalue weighted by molar-refractivity contribution is 6.07. The number of carbonyl (C=O) groups is 2. The molecule has 3 rings (SSSR count). The average Bonchev–Trinajstić information content (AvgIpc) is 3.19. The second kappa shape index (κ2) is 7.63. The number of aryl methyl sites for hydroxylation is 1. The average molecular weight is 356 g/mol. The molecule has 1 fully saturated rings. The third-order valence-electron chi connectivity index (χ3n) is 4.69. The second-order valence-electron chi connectivity index (χ2n) is 6.51. The molecule has 8 heteroatoms. The highest BCUT2D eigenvalue weighted by Gasteiger charge is 2.52. The number of hydrogen-bond acceptors (Lipinski definition) is 5. The van der Waals surface area contributed by atoms with Crippen LogP contribution in [-0.2, 0) is 23.4 Å². The van der Waals surface area contributed by atoms with E-state index >= 15 is 0 Å². The molecule has 2 heterocycles. The van der Waals surface area contributed by atoms with Crippen molar-refractivity contribution in [3.63, 3.8) is 0 Å². The lowest BCUT2D eigenvalue weighted by Gasteiger charge is -2.27. The molecule has 1 N–H and O–H groups in total. The first kappa shape index (κ1) is 18.0. The monoisotopic (exact) mass is 356 g/mol. The fraction of sp³-hybridized carbons (Fsp3) is 0.500. The summed E-state index contributed by atoms with van der Waals surface area (Å²) in [5, 5.41) is 14.5. The minimum Gasteiger partial charge on any atom is -0.319 e. The van der Waals surface area contributed by atoms with Crippen LogP contribution < -0.4 is 5.32 Å². The van der Waals surface area contributed by atoms with E-state index in [9.17, 15) is 9.59 Å². The zero-order chi connectivity index (χ0) is 18.6. The zero-order valence-corrected chi connectivity index (χ0v) is 15.2. The number of amides is 3. The van der Waals surface area contributed by atoms with Crippen molar-refractivity contribution in [2.45, 2.75) is 58.2 Å². The maximum atomic E-state index is 13.3. The normalized spacial score (nSPS) is 19.8. The van der Waals surface area contributed by atoms with E-state index < -0.39 is 11.6 Å². The van der Waals surface area contributed by atoms with Crippen molar-refractivity contribution in [3.8, 4) is 0 Å². The van der Waals surface area contributed by atoms with Crippen molar-refractivity contribution in [3.05, 3.63) is 41.7 Å². The largest absolute Gasteiger partial charge is 0.325 e. The number of tetrazole rings is 1. The van der Waals surface area contributed by atoms with Crippen molar-refractivity contribution in [2.75, 3.05) is 0 Å². The molecule has 1 saturated heterocycles. The molecule has 0 bridgehead atoms. The van der Waals surface area contributed by atoms with Gasteiger partial charge in [0, 0.05) is 6.54 Å². The molecule has 138 valence electrons. The molecule has 1 aliphatic heterocycles.